The molecule has 1 amide bonds. The first-order valence-corrected chi connectivity index (χ1v) is 11.0. The van der Waals surface area contributed by atoms with E-state index in [0.717, 1.165) is 56.6 Å². The predicted octanol–water partition coefficient (Wildman–Crippen LogP) is 2.50. The zero-order chi connectivity index (χ0) is 21.1. The summed E-state index contributed by atoms with van der Waals surface area (Å²) in [6.45, 7) is 2.17. The van der Waals surface area contributed by atoms with Crippen molar-refractivity contribution >= 4 is 15.9 Å². The minimum atomic E-state index is -4.84. The number of amides is 1. The Bertz CT molecular complexity index is 809. The van der Waals surface area contributed by atoms with Crippen LogP contribution < -0.4 is 10.2 Å². The van der Waals surface area contributed by atoms with E-state index in [2.05, 4.69) is 10.2 Å². The molecule has 1 unspecified atom stereocenters. The van der Waals surface area contributed by atoms with Crippen LogP contribution in [0.5, 0.6) is 5.75 Å². The van der Waals surface area contributed by atoms with Gasteiger partial charge in [-0.15, -0.1) is 13.2 Å². The molecule has 0 aromatic heterocycles. The number of benzene rings is 1. The van der Waals surface area contributed by atoms with Crippen molar-refractivity contribution in [1.82, 2.24) is 14.7 Å². The number of halogens is 3. The number of sulfonamides is 1. The highest BCUT2D eigenvalue weighted by atomic mass is 32.2. The highest BCUT2D eigenvalue weighted by Crippen LogP contribution is 2.28. The lowest BCUT2D eigenvalue weighted by atomic mass is 9.96. The van der Waals surface area contributed by atoms with Gasteiger partial charge in [-0.05, 0) is 55.9 Å². The average Bonchev–Trinajstić information content (AvgIpc) is 3.14. The Labute approximate surface area is 167 Å². The molecule has 3 rings (SSSR count). The molecule has 0 spiro atoms. The topological polar surface area (TPSA) is 79.0 Å². The highest BCUT2D eigenvalue weighted by molar-refractivity contribution is 7.89. The van der Waals surface area contributed by atoms with E-state index in [1.807, 2.05) is 5.01 Å². The number of ether oxygens (including phenoxy) is 1. The quantitative estimate of drug-likeness (QED) is 0.743. The third kappa shape index (κ3) is 6.06. The van der Waals surface area contributed by atoms with Crippen molar-refractivity contribution in [2.75, 3.05) is 26.2 Å². The maximum atomic E-state index is 12.8. The van der Waals surface area contributed by atoms with Crippen molar-refractivity contribution in [2.24, 2.45) is 5.92 Å². The summed E-state index contributed by atoms with van der Waals surface area (Å²) in [4.78, 5) is 12.1. The van der Waals surface area contributed by atoms with Gasteiger partial charge in [0.05, 0.1) is 4.90 Å². The Morgan fingerprint density at radius 1 is 1.10 bits per heavy atom. The normalized spacial score (nSPS) is 21.8. The van der Waals surface area contributed by atoms with E-state index in [4.69, 9.17) is 0 Å². The molecule has 0 saturated carbocycles. The van der Waals surface area contributed by atoms with Gasteiger partial charge in [-0.2, -0.15) is 4.31 Å². The Morgan fingerprint density at radius 3 is 2.38 bits per heavy atom. The van der Waals surface area contributed by atoms with Gasteiger partial charge >= 0.3 is 6.36 Å². The Morgan fingerprint density at radius 2 is 1.76 bits per heavy atom. The molecule has 0 aliphatic carbocycles. The summed E-state index contributed by atoms with van der Waals surface area (Å²) in [6, 6.07) is 4.15. The zero-order valence-corrected chi connectivity index (χ0v) is 16.6. The van der Waals surface area contributed by atoms with E-state index in [0.29, 0.717) is 13.0 Å². The fraction of sp³-hybridized carbons (Fsp3) is 0.611. The van der Waals surface area contributed by atoms with Crippen molar-refractivity contribution in [1.29, 1.82) is 0 Å². The molecule has 11 heteroatoms. The fourth-order valence-electron chi connectivity index (χ4n) is 3.69. The van der Waals surface area contributed by atoms with Crippen molar-refractivity contribution in [3.63, 3.8) is 0 Å². The first-order valence-electron chi connectivity index (χ1n) is 9.54. The third-order valence-corrected chi connectivity index (χ3v) is 6.92. The van der Waals surface area contributed by atoms with Gasteiger partial charge in [0.1, 0.15) is 5.75 Å². The van der Waals surface area contributed by atoms with Crippen LogP contribution in [0.2, 0.25) is 0 Å². The molecule has 1 aromatic carbocycles. The minimum Gasteiger partial charge on any atom is -0.406 e. The molecule has 2 saturated heterocycles. The molecule has 29 heavy (non-hydrogen) atoms. The lowest BCUT2D eigenvalue weighted by Crippen LogP contribution is -2.44. The number of carbonyl (C=O) groups is 1. The number of alkyl halides is 3. The van der Waals surface area contributed by atoms with Crippen LogP contribution >= 0.6 is 0 Å². The van der Waals surface area contributed by atoms with Crippen molar-refractivity contribution in [2.45, 2.75) is 43.4 Å². The Balaban J connectivity index is 1.60. The molecular formula is C18H24F3N3O4S. The van der Waals surface area contributed by atoms with Crippen LogP contribution in [0.1, 0.15) is 32.1 Å². The van der Waals surface area contributed by atoms with Gasteiger partial charge in [-0.1, -0.05) is 0 Å². The van der Waals surface area contributed by atoms with Crippen LogP contribution in [0.25, 0.3) is 0 Å². The molecule has 2 heterocycles. The number of piperidine rings is 1. The van der Waals surface area contributed by atoms with E-state index in [9.17, 15) is 26.4 Å². The molecule has 2 fully saturated rings. The average molecular weight is 435 g/mol. The number of rotatable bonds is 6. The number of hydrazine groups is 1. The molecule has 2 aliphatic heterocycles. The highest BCUT2D eigenvalue weighted by Gasteiger charge is 2.33. The van der Waals surface area contributed by atoms with E-state index < -0.39 is 22.1 Å². The first kappa shape index (κ1) is 21.8. The fourth-order valence-corrected chi connectivity index (χ4v) is 5.24. The Hall–Kier alpha value is -1.85. The maximum Gasteiger partial charge on any atom is 0.573 e. The first-order chi connectivity index (χ1) is 13.6. The second-order valence-corrected chi connectivity index (χ2v) is 9.26. The SMILES string of the molecule is O=C(CC1CCCN(S(=O)(=O)c2ccc(OC(F)(F)F)cc2)C1)NN1CCCC1. The minimum absolute atomic E-state index is 0.103. The van der Waals surface area contributed by atoms with Crippen molar-refractivity contribution in [3.8, 4) is 5.75 Å². The van der Waals surface area contributed by atoms with Gasteiger partial charge < -0.3 is 4.74 Å². The smallest absolute Gasteiger partial charge is 0.406 e. The molecule has 2 aliphatic rings. The van der Waals surface area contributed by atoms with Crippen LogP contribution in [-0.2, 0) is 14.8 Å². The number of hydrogen-bond acceptors (Lipinski definition) is 5. The van der Waals surface area contributed by atoms with E-state index >= 15 is 0 Å². The van der Waals surface area contributed by atoms with Crippen LogP contribution in [-0.4, -0.2) is 56.2 Å². The second kappa shape index (κ2) is 8.88. The van der Waals surface area contributed by atoms with Crippen LogP contribution in [0.4, 0.5) is 13.2 Å². The van der Waals surface area contributed by atoms with E-state index in [1.54, 1.807) is 0 Å². The van der Waals surface area contributed by atoms with Crippen LogP contribution in [0, 0.1) is 5.92 Å². The van der Waals surface area contributed by atoms with E-state index in [-0.39, 0.29) is 29.7 Å². The van der Waals surface area contributed by atoms with Crippen molar-refractivity contribution < 1.29 is 31.1 Å². The van der Waals surface area contributed by atoms with Gasteiger partial charge in [0, 0.05) is 32.6 Å². The van der Waals surface area contributed by atoms with Crippen molar-refractivity contribution in [3.05, 3.63) is 24.3 Å². The molecule has 0 radical (unpaired) electrons. The molecular weight excluding hydrogens is 411 g/mol. The summed E-state index contributed by atoms with van der Waals surface area (Å²) in [5.74, 6) is -0.703. The predicted molar refractivity (Wildman–Crippen MR) is 98.2 cm³/mol. The molecule has 1 aromatic rings. The van der Waals surface area contributed by atoms with Crippen LogP contribution in [0.15, 0.2) is 29.2 Å². The summed E-state index contributed by atoms with van der Waals surface area (Å²) in [5.41, 5.74) is 2.86. The summed E-state index contributed by atoms with van der Waals surface area (Å²) in [5, 5.41) is 1.88. The Kier molecular flexibility index (Phi) is 6.69. The molecule has 7 nitrogen and oxygen atoms in total. The molecule has 162 valence electrons. The standard InChI is InChI=1S/C18H24F3N3O4S/c19-18(20,21)28-15-5-7-16(8-6-15)29(26,27)24-11-3-4-14(13-24)12-17(25)22-23-9-1-2-10-23/h5-8,14H,1-4,9-13H2,(H,22,25). The van der Waals surface area contributed by atoms with Crippen LogP contribution in [0.3, 0.4) is 0 Å². The summed E-state index contributed by atoms with van der Waals surface area (Å²) < 4.78 is 67.5. The second-order valence-electron chi connectivity index (χ2n) is 7.32. The van der Waals surface area contributed by atoms with Gasteiger partial charge in [0.2, 0.25) is 15.9 Å². The molecule has 1 N–H and O–H groups in total. The monoisotopic (exact) mass is 435 g/mol. The zero-order valence-electron chi connectivity index (χ0n) is 15.8. The maximum absolute atomic E-state index is 12.8. The third-order valence-electron chi connectivity index (χ3n) is 5.04. The van der Waals surface area contributed by atoms with Gasteiger partial charge in [-0.3, -0.25) is 10.2 Å². The van der Waals surface area contributed by atoms with E-state index in [1.165, 1.54) is 4.31 Å². The number of nitrogens with one attached hydrogen (secondary N) is 1. The lowest BCUT2D eigenvalue weighted by Gasteiger charge is -2.32. The van der Waals surface area contributed by atoms with Gasteiger partial charge in [-0.25, -0.2) is 13.4 Å². The summed E-state index contributed by atoms with van der Waals surface area (Å²) in [6.07, 6.45) is -1.14. The largest absolute Gasteiger partial charge is 0.573 e. The number of carbonyl (C=O) groups excluding carboxylic acids is 1. The molecule has 1 atom stereocenters. The summed E-state index contributed by atoms with van der Waals surface area (Å²) in [7, 11) is -3.86. The van der Waals surface area contributed by atoms with Gasteiger partial charge in [0.25, 0.3) is 0 Å². The number of hydrogen-bond donors (Lipinski definition) is 1. The molecule has 0 bridgehead atoms. The lowest BCUT2D eigenvalue weighted by molar-refractivity contribution is -0.274. The number of nitrogens with zero attached hydrogens (tertiary/aromatic N) is 2. The summed E-state index contributed by atoms with van der Waals surface area (Å²) >= 11 is 0. The van der Waals surface area contributed by atoms with Gasteiger partial charge in [0.15, 0.2) is 0 Å².